The monoisotopic (exact) mass is 664 g/mol. The molecule has 14 heteroatoms. The molecule has 3 atom stereocenters. The third-order valence-corrected chi connectivity index (χ3v) is 7.01. The van der Waals surface area contributed by atoms with Crippen LogP contribution in [-0.2, 0) is 30.1 Å². The molecule has 47 heavy (non-hydrogen) atoms. The molecule has 2 N–H and O–H groups in total. The SMILES string of the molecule is COc1ccc(C[C@@H]2[C@H](OC(=O)NCCN3CC(NC(=O)OC(C)(C)C)C3)[C@@H](OC(=O)OC(C)(C)C)CN2C(=O)OC(C)(C)C)cc1. The van der Waals surface area contributed by atoms with E-state index in [4.69, 9.17) is 28.4 Å². The average Bonchev–Trinajstić information content (AvgIpc) is 3.20. The van der Waals surface area contributed by atoms with Crippen molar-refractivity contribution < 1.29 is 47.6 Å². The zero-order valence-corrected chi connectivity index (χ0v) is 29.3. The van der Waals surface area contributed by atoms with Gasteiger partial charge in [-0.3, -0.25) is 9.80 Å². The van der Waals surface area contributed by atoms with Gasteiger partial charge in [0.25, 0.3) is 0 Å². The van der Waals surface area contributed by atoms with Crippen molar-refractivity contribution in [3.8, 4) is 5.75 Å². The largest absolute Gasteiger partial charge is 0.509 e. The van der Waals surface area contributed by atoms with E-state index >= 15 is 0 Å². The Hall–Kier alpha value is -3.94. The number of carbonyl (C=O) groups excluding carboxylic acids is 4. The molecule has 0 unspecified atom stereocenters. The van der Waals surface area contributed by atoms with Crippen molar-refractivity contribution in [1.82, 2.24) is 20.4 Å². The van der Waals surface area contributed by atoms with Crippen molar-refractivity contribution in [3.05, 3.63) is 29.8 Å². The van der Waals surface area contributed by atoms with Gasteiger partial charge >= 0.3 is 24.4 Å². The van der Waals surface area contributed by atoms with Crippen molar-refractivity contribution in [3.63, 3.8) is 0 Å². The predicted octanol–water partition coefficient (Wildman–Crippen LogP) is 4.48. The van der Waals surface area contributed by atoms with E-state index < -0.39 is 59.5 Å². The Bertz CT molecular complexity index is 1230. The number of methoxy groups -OCH3 is 1. The first-order valence-corrected chi connectivity index (χ1v) is 15.9. The summed E-state index contributed by atoms with van der Waals surface area (Å²) in [5.41, 5.74) is -1.36. The first-order valence-electron chi connectivity index (χ1n) is 15.9. The molecule has 1 aromatic carbocycles. The maximum absolute atomic E-state index is 13.4. The molecule has 0 aliphatic carbocycles. The van der Waals surface area contributed by atoms with Gasteiger partial charge in [-0.1, -0.05) is 12.1 Å². The molecule has 2 aliphatic heterocycles. The van der Waals surface area contributed by atoms with Crippen LogP contribution in [0.4, 0.5) is 19.2 Å². The Balaban J connectivity index is 1.70. The molecule has 0 saturated carbocycles. The highest BCUT2D eigenvalue weighted by Crippen LogP contribution is 2.30. The van der Waals surface area contributed by atoms with Crippen molar-refractivity contribution in [2.45, 2.75) is 110 Å². The number of nitrogens with one attached hydrogen (secondary N) is 2. The van der Waals surface area contributed by atoms with Gasteiger partial charge in [-0.05, 0) is 86.4 Å². The third-order valence-electron chi connectivity index (χ3n) is 7.01. The van der Waals surface area contributed by atoms with E-state index in [9.17, 15) is 19.2 Å². The molecular formula is C33H52N4O10. The number of hydrogen-bond donors (Lipinski definition) is 2. The first kappa shape index (κ1) is 37.5. The minimum Gasteiger partial charge on any atom is -0.497 e. The van der Waals surface area contributed by atoms with Crippen LogP contribution in [0.15, 0.2) is 24.3 Å². The second-order valence-electron chi connectivity index (χ2n) is 14.8. The van der Waals surface area contributed by atoms with Crippen LogP contribution in [0.3, 0.4) is 0 Å². The summed E-state index contributed by atoms with van der Waals surface area (Å²) in [7, 11) is 1.57. The van der Waals surface area contributed by atoms with Gasteiger partial charge in [-0.25, -0.2) is 19.2 Å². The van der Waals surface area contributed by atoms with E-state index in [1.54, 1.807) is 81.6 Å². The summed E-state index contributed by atoms with van der Waals surface area (Å²) < 4.78 is 33.2. The standard InChI is InChI=1S/C33H52N4O10/c1-31(2,3)45-28(39)35-22-18-36(19-22)16-15-34-27(38)44-26-24(17-21-11-13-23(42-10)14-12-21)37(29(40)46-32(4,5)6)20-25(26)43-30(41)47-33(7,8)9/h11-14,22,24-26H,15-20H2,1-10H3,(H,34,38)(H,35,39)/t24-,25+,26+/m1/s1. The Kier molecular flexibility index (Phi) is 12.2. The van der Waals surface area contributed by atoms with Gasteiger partial charge in [-0.15, -0.1) is 0 Å². The van der Waals surface area contributed by atoms with Crippen LogP contribution in [0.1, 0.15) is 67.9 Å². The van der Waals surface area contributed by atoms with Gasteiger partial charge in [0.1, 0.15) is 22.6 Å². The van der Waals surface area contributed by atoms with E-state index in [1.165, 1.54) is 4.90 Å². The normalized spacial score (nSPS) is 20.5. The van der Waals surface area contributed by atoms with Gasteiger partial charge < -0.3 is 39.1 Å². The minimum atomic E-state index is -1.04. The topological polar surface area (TPSA) is 154 Å². The lowest BCUT2D eigenvalue weighted by Gasteiger charge is -2.39. The number of alkyl carbamates (subject to hydrolysis) is 2. The van der Waals surface area contributed by atoms with Gasteiger partial charge in [0.05, 0.1) is 25.7 Å². The van der Waals surface area contributed by atoms with Crippen molar-refractivity contribution in [2.24, 2.45) is 0 Å². The zero-order chi connectivity index (χ0) is 35.2. The van der Waals surface area contributed by atoms with Crippen LogP contribution in [0.2, 0.25) is 0 Å². The lowest BCUT2D eigenvalue weighted by Crippen LogP contribution is -2.60. The molecule has 14 nitrogen and oxygen atoms in total. The van der Waals surface area contributed by atoms with Crippen LogP contribution >= 0.6 is 0 Å². The summed E-state index contributed by atoms with van der Waals surface area (Å²) in [6.45, 7) is 17.7. The van der Waals surface area contributed by atoms with Crippen LogP contribution < -0.4 is 15.4 Å². The molecule has 1 aromatic rings. The molecule has 0 bridgehead atoms. The average molecular weight is 665 g/mol. The number of ether oxygens (including phenoxy) is 6. The quantitative estimate of drug-likeness (QED) is 0.284. The molecule has 2 fully saturated rings. The van der Waals surface area contributed by atoms with E-state index in [0.717, 1.165) is 5.56 Å². The highest BCUT2D eigenvalue weighted by Gasteiger charge is 2.50. The molecule has 3 amide bonds. The molecule has 0 spiro atoms. The summed E-state index contributed by atoms with van der Waals surface area (Å²) in [6, 6.07) is 6.52. The fourth-order valence-corrected chi connectivity index (χ4v) is 5.07. The summed E-state index contributed by atoms with van der Waals surface area (Å²) in [6.07, 6.45) is -4.57. The van der Waals surface area contributed by atoms with Crippen molar-refractivity contribution in [1.29, 1.82) is 0 Å². The Morgan fingerprint density at radius 3 is 1.94 bits per heavy atom. The van der Waals surface area contributed by atoms with E-state index in [0.29, 0.717) is 25.4 Å². The lowest BCUT2D eigenvalue weighted by atomic mass is 10.0. The van der Waals surface area contributed by atoms with Crippen LogP contribution in [0.25, 0.3) is 0 Å². The number of amides is 3. The van der Waals surface area contributed by atoms with E-state index in [1.807, 2.05) is 12.1 Å². The smallest absolute Gasteiger partial charge is 0.497 e. The minimum absolute atomic E-state index is 0.0430. The number of likely N-dealkylation sites (tertiary alicyclic amines) is 2. The molecule has 0 aromatic heterocycles. The van der Waals surface area contributed by atoms with Crippen molar-refractivity contribution >= 4 is 24.4 Å². The summed E-state index contributed by atoms with van der Waals surface area (Å²) in [5, 5.41) is 5.58. The second-order valence-corrected chi connectivity index (χ2v) is 14.8. The molecule has 0 radical (unpaired) electrons. The maximum Gasteiger partial charge on any atom is 0.509 e. The first-order chi connectivity index (χ1) is 21.7. The van der Waals surface area contributed by atoms with Gasteiger partial charge in [0.2, 0.25) is 0 Å². The Morgan fingerprint density at radius 1 is 0.787 bits per heavy atom. The van der Waals surface area contributed by atoms with E-state index in [-0.39, 0.29) is 25.6 Å². The van der Waals surface area contributed by atoms with Gasteiger partial charge in [-0.2, -0.15) is 0 Å². The summed E-state index contributed by atoms with van der Waals surface area (Å²) in [4.78, 5) is 54.8. The number of rotatable bonds is 9. The summed E-state index contributed by atoms with van der Waals surface area (Å²) >= 11 is 0. The molecular weight excluding hydrogens is 612 g/mol. The second kappa shape index (κ2) is 15.3. The fraction of sp³-hybridized carbons (Fsp3) is 0.697. The predicted molar refractivity (Wildman–Crippen MR) is 172 cm³/mol. The molecule has 2 heterocycles. The van der Waals surface area contributed by atoms with Gasteiger partial charge in [0, 0.05) is 26.2 Å². The fourth-order valence-electron chi connectivity index (χ4n) is 5.07. The Labute approximate surface area is 277 Å². The van der Waals surface area contributed by atoms with Gasteiger partial charge in [0.15, 0.2) is 12.2 Å². The zero-order valence-electron chi connectivity index (χ0n) is 29.3. The van der Waals surface area contributed by atoms with Crippen LogP contribution in [0, 0.1) is 0 Å². The number of nitrogens with zero attached hydrogens (tertiary/aromatic N) is 2. The number of hydrogen-bond acceptors (Lipinski definition) is 11. The molecule has 3 rings (SSSR count). The third kappa shape index (κ3) is 12.6. The van der Waals surface area contributed by atoms with Crippen molar-refractivity contribution in [2.75, 3.05) is 39.8 Å². The van der Waals surface area contributed by atoms with E-state index in [2.05, 4.69) is 15.5 Å². The highest BCUT2D eigenvalue weighted by atomic mass is 16.7. The maximum atomic E-state index is 13.4. The number of benzene rings is 1. The molecule has 2 saturated heterocycles. The van der Waals surface area contributed by atoms with Crippen LogP contribution in [0.5, 0.6) is 5.75 Å². The molecule has 264 valence electrons. The molecule has 2 aliphatic rings. The lowest BCUT2D eigenvalue weighted by molar-refractivity contribution is -0.0518. The summed E-state index contributed by atoms with van der Waals surface area (Å²) in [5.74, 6) is 0.664. The van der Waals surface area contributed by atoms with Crippen LogP contribution in [-0.4, -0.2) is 115 Å². The highest BCUT2D eigenvalue weighted by molar-refractivity contribution is 5.71. The Morgan fingerprint density at radius 2 is 1.38 bits per heavy atom. The number of carbonyl (C=O) groups is 4.